The van der Waals surface area contributed by atoms with Crippen LogP contribution in [0.4, 0.5) is 0 Å². The van der Waals surface area contributed by atoms with Crippen LogP contribution < -0.4 is 0 Å². The summed E-state index contributed by atoms with van der Waals surface area (Å²) in [5, 5.41) is 0. The van der Waals surface area contributed by atoms with Gasteiger partial charge in [-0.3, -0.25) is 4.79 Å². The zero-order valence-corrected chi connectivity index (χ0v) is 16.0. The Labute approximate surface area is 150 Å². The first-order valence-electron chi connectivity index (χ1n) is 9.91. The Hall–Kier alpha value is -1.31. The van der Waals surface area contributed by atoms with Gasteiger partial charge < -0.3 is 4.74 Å². The SMILES string of the molecule is CCCCCC=CCC=CCC=CCCCCC(=O)OCCCC. The molecule has 2 nitrogen and oxygen atoms in total. The van der Waals surface area contributed by atoms with Gasteiger partial charge in [0.1, 0.15) is 0 Å². The van der Waals surface area contributed by atoms with Crippen LogP contribution in [-0.2, 0) is 9.53 Å². The molecule has 0 spiro atoms. The van der Waals surface area contributed by atoms with Gasteiger partial charge in [0.15, 0.2) is 0 Å². The van der Waals surface area contributed by atoms with Crippen molar-refractivity contribution >= 4 is 5.97 Å². The van der Waals surface area contributed by atoms with Crippen LogP contribution in [0.15, 0.2) is 36.5 Å². The maximum atomic E-state index is 11.4. The fraction of sp³-hybridized carbons (Fsp3) is 0.682. The first kappa shape index (κ1) is 22.7. The highest BCUT2D eigenvalue weighted by Gasteiger charge is 2.00. The second-order valence-electron chi connectivity index (χ2n) is 6.20. The quantitative estimate of drug-likeness (QED) is 0.174. The van der Waals surface area contributed by atoms with Crippen molar-refractivity contribution in [3.63, 3.8) is 0 Å². The van der Waals surface area contributed by atoms with Crippen molar-refractivity contribution in [3.05, 3.63) is 36.5 Å². The molecule has 0 fully saturated rings. The van der Waals surface area contributed by atoms with Gasteiger partial charge in [-0.1, -0.05) is 69.6 Å². The third-order valence-corrected chi connectivity index (χ3v) is 3.78. The molecule has 2 heteroatoms. The van der Waals surface area contributed by atoms with E-state index in [-0.39, 0.29) is 5.97 Å². The van der Waals surface area contributed by atoms with Gasteiger partial charge in [-0.25, -0.2) is 0 Å². The van der Waals surface area contributed by atoms with Gasteiger partial charge >= 0.3 is 5.97 Å². The molecule has 0 unspecified atom stereocenters. The second kappa shape index (κ2) is 19.7. The van der Waals surface area contributed by atoms with Crippen molar-refractivity contribution in [2.45, 2.75) is 90.9 Å². The molecule has 0 aromatic rings. The number of rotatable bonds is 16. The summed E-state index contributed by atoms with van der Waals surface area (Å²) in [5.74, 6) is -0.0434. The highest BCUT2D eigenvalue weighted by atomic mass is 16.5. The molecule has 0 saturated carbocycles. The second-order valence-corrected chi connectivity index (χ2v) is 6.20. The minimum absolute atomic E-state index is 0.0434. The summed E-state index contributed by atoms with van der Waals surface area (Å²) in [5.41, 5.74) is 0. The smallest absolute Gasteiger partial charge is 0.305 e. The number of ether oxygens (including phenoxy) is 1. The lowest BCUT2D eigenvalue weighted by Crippen LogP contribution is -2.05. The average molecular weight is 335 g/mol. The van der Waals surface area contributed by atoms with Crippen LogP contribution >= 0.6 is 0 Å². The number of unbranched alkanes of at least 4 members (excludes halogenated alkanes) is 6. The number of carbonyl (C=O) groups is 1. The Balaban J connectivity index is 3.37. The normalized spacial score (nSPS) is 11.9. The van der Waals surface area contributed by atoms with Crippen LogP contribution in [0.1, 0.15) is 90.9 Å². The molecule has 0 aliphatic carbocycles. The van der Waals surface area contributed by atoms with E-state index >= 15 is 0 Å². The number of allylic oxidation sites excluding steroid dienone is 6. The summed E-state index contributed by atoms with van der Waals surface area (Å²) in [6.07, 6.45) is 26.3. The van der Waals surface area contributed by atoms with Crippen LogP contribution in [0.2, 0.25) is 0 Å². The molecular formula is C22H38O2. The maximum absolute atomic E-state index is 11.4. The summed E-state index contributed by atoms with van der Waals surface area (Å²) in [4.78, 5) is 11.4. The fourth-order valence-electron chi connectivity index (χ4n) is 2.22. The largest absolute Gasteiger partial charge is 0.466 e. The molecule has 138 valence electrons. The van der Waals surface area contributed by atoms with Crippen LogP contribution in [0, 0.1) is 0 Å². The zero-order chi connectivity index (χ0) is 17.7. The molecule has 0 atom stereocenters. The van der Waals surface area contributed by atoms with Gasteiger partial charge in [-0.05, 0) is 51.4 Å². The molecule has 0 aromatic heterocycles. The van der Waals surface area contributed by atoms with E-state index in [2.05, 4.69) is 50.3 Å². The van der Waals surface area contributed by atoms with Gasteiger partial charge in [-0.15, -0.1) is 0 Å². The summed E-state index contributed by atoms with van der Waals surface area (Å²) >= 11 is 0. The van der Waals surface area contributed by atoms with E-state index in [4.69, 9.17) is 4.74 Å². The molecular weight excluding hydrogens is 296 g/mol. The Morgan fingerprint density at radius 3 is 1.83 bits per heavy atom. The van der Waals surface area contributed by atoms with Crippen LogP contribution in [-0.4, -0.2) is 12.6 Å². The van der Waals surface area contributed by atoms with Crippen LogP contribution in [0.5, 0.6) is 0 Å². The van der Waals surface area contributed by atoms with Gasteiger partial charge in [0, 0.05) is 6.42 Å². The lowest BCUT2D eigenvalue weighted by Gasteiger charge is -2.02. The van der Waals surface area contributed by atoms with E-state index in [9.17, 15) is 4.79 Å². The number of esters is 1. The number of hydrogen-bond acceptors (Lipinski definition) is 2. The molecule has 0 heterocycles. The molecule has 0 amide bonds. The van der Waals surface area contributed by atoms with E-state index in [1.54, 1.807) is 0 Å². The zero-order valence-electron chi connectivity index (χ0n) is 16.0. The van der Waals surface area contributed by atoms with E-state index in [0.717, 1.165) is 44.9 Å². The third kappa shape index (κ3) is 18.7. The van der Waals surface area contributed by atoms with E-state index in [0.29, 0.717) is 13.0 Å². The summed E-state index contributed by atoms with van der Waals surface area (Å²) < 4.78 is 5.13. The maximum Gasteiger partial charge on any atom is 0.305 e. The van der Waals surface area contributed by atoms with Crippen molar-refractivity contribution in [2.75, 3.05) is 6.61 Å². The molecule has 0 rings (SSSR count). The molecule has 0 bridgehead atoms. The summed E-state index contributed by atoms with van der Waals surface area (Å²) in [6, 6.07) is 0. The molecule has 0 aromatic carbocycles. The molecule has 0 aliphatic rings. The predicted octanol–water partition coefficient (Wildman–Crippen LogP) is 6.92. The Kier molecular flexibility index (Phi) is 18.7. The first-order valence-corrected chi connectivity index (χ1v) is 9.91. The first-order chi connectivity index (χ1) is 11.8. The minimum Gasteiger partial charge on any atom is -0.466 e. The molecule has 0 radical (unpaired) electrons. The van der Waals surface area contributed by atoms with Crippen molar-refractivity contribution in [1.82, 2.24) is 0 Å². The lowest BCUT2D eigenvalue weighted by molar-refractivity contribution is -0.143. The van der Waals surface area contributed by atoms with E-state index < -0.39 is 0 Å². The molecule has 24 heavy (non-hydrogen) atoms. The Morgan fingerprint density at radius 2 is 1.25 bits per heavy atom. The Morgan fingerprint density at radius 1 is 0.708 bits per heavy atom. The van der Waals surface area contributed by atoms with Crippen molar-refractivity contribution in [2.24, 2.45) is 0 Å². The molecule has 0 N–H and O–H groups in total. The van der Waals surface area contributed by atoms with Crippen molar-refractivity contribution in [3.8, 4) is 0 Å². The fourth-order valence-corrected chi connectivity index (χ4v) is 2.22. The summed E-state index contributed by atoms with van der Waals surface area (Å²) in [6.45, 7) is 4.92. The monoisotopic (exact) mass is 334 g/mol. The van der Waals surface area contributed by atoms with Crippen LogP contribution in [0.25, 0.3) is 0 Å². The summed E-state index contributed by atoms with van der Waals surface area (Å²) in [7, 11) is 0. The predicted molar refractivity (Wildman–Crippen MR) is 105 cm³/mol. The van der Waals surface area contributed by atoms with Gasteiger partial charge in [0.05, 0.1) is 6.61 Å². The minimum atomic E-state index is -0.0434. The standard InChI is InChI=1S/C22H38O2/c1-3-5-7-8-9-10-11-12-13-14-15-16-17-18-19-20-22(23)24-21-6-4-2/h9-10,12-13,15-16H,3-8,11,14,17-21H2,1-2H3. The number of carbonyl (C=O) groups excluding carboxylic acids is 1. The lowest BCUT2D eigenvalue weighted by atomic mass is 10.1. The van der Waals surface area contributed by atoms with E-state index in [1.807, 2.05) is 0 Å². The van der Waals surface area contributed by atoms with Crippen molar-refractivity contribution in [1.29, 1.82) is 0 Å². The Bertz CT molecular complexity index is 353. The average Bonchev–Trinajstić information content (AvgIpc) is 2.58. The van der Waals surface area contributed by atoms with Crippen molar-refractivity contribution < 1.29 is 9.53 Å². The highest BCUT2D eigenvalue weighted by Crippen LogP contribution is 2.04. The van der Waals surface area contributed by atoms with E-state index in [1.165, 1.54) is 25.7 Å². The highest BCUT2D eigenvalue weighted by molar-refractivity contribution is 5.69. The van der Waals surface area contributed by atoms with Crippen LogP contribution in [0.3, 0.4) is 0 Å². The van der Waals surface area contributed by atoms with Gasteiger partial charge in [0.25, 0.3) is 0 Å². The van der Waals surface area contributed by atoms with Gasteiger partial charge in [-0.2, -0.15) is 0 Å². The molecule has 0 saturated heterocycles. The topological polar surface area (TPSA) is 26.3 Å². The number of hydrogen-bond donors (Lipinski definition) is 0. The third-order valence-electron chi connectivity index (χ3n) is 3.78. The molecule has 0 aliphatic heterocycles. The van der Waals surface area contributed by atoms with Gasteiger partial charge in [0.2, 0.25) is 0 Å².